The molecule has 116 heavy (non-hydrogen) atoms. The van der Waals surface area contributed by atoms with E-state index in [1.807, 2.05) is 6.92 Å². The Morgan fingerprint density at radius 1 is 0.509 bits per heavy atom. The first kappa shape index (κ1) is 101. The molecule has 1 heterocycles. The number of esters is 10. The maximum Gasteiger partial charge on any atom is 0.408 e. The van der Waals surface area contributed by atoms with Crippen molar-refractivity contribution in [2.45, 2.75) is 381 Å². The van der Waals surface area contributed by atoms with Gasteiger partial charge in [-0.2, -0.15) is 0 Å². The second-order valence-electron chi connectivity index (χ2n) is 35.8. The first-order chi connectivity index (χ1) is 52.9. The molecule has 6 amide bonds. The Bertz CT molecular complexity index is 3650. The first-order valence-electron chi connectivity index (χ1n) is 39.3. The SMILES string of the molecule is C/C=C(/C)C(=O)O[C@H]1C(C)=C2[C@H]([C@@H]1OC(=O)CCCCCCC)[C@@](C)(OC(C)=O)C[C@H](OC(=O)CNC(=O)C[C@H](NC(=O)OC(C)(C)C)C(=O)N[C@@H](CCC(=O)N[C@@H](CCC(=O)N[C@@H](CCC(=O)N[C@@H](CCC(=O)OC(C)(C)C)C(=O)OC(C)(C)C)C(=O)OC(C)(C)C)C(=O)OC(C)(C)C)C(=O)OC(C)(C)C)[C@@]1(O)[C@H]2OC(=O)[C@@]1(C)O. The van der Waals surface area contributed by atoms with Crippen molar-refractivity contribution in [1.29, 1.82) is 0 Å². The van der Waals surface area contributed by atoms with Gasteiger partial charge in [-0.05, 0) is 202 Å². The summed E-state index contributed by atoms with van der Waals surface area (Å²) in [6.45, 7) is 36.6. The van der Waals surface area contributed by atoms with E-state index in [2.05, 4.69) is 31.9 Å². The molecule has 3 aliphatic rings. The zero-order valence-electron chi connectivity index (χ0n) is 72.3. The van der Waals surface area contributed by atoms with Crippen molar-refractivity contribution in [3.05, 3.63) is 22.8 Å². The molecule has 0 unspecified atom stereocenters. The molecule has 2 fully saturated rings. The van der Waals surface area contributed by atoms with Gasteiger partial charge in [0.15, 0.2) is 29.5 Å². The molecule has 35 heteroatoms. The van der Waals surface area contributed by atoms with Crippen LogP contribution in [0.2, 0.25) is 0 Å². The Labute approximate surface area is 679 Å². The van der Waals surface area contributed by atoms with Gasteiger partial charge in [0.1, 0.15) is 82.1 Å². The van der Waals surface area contributed by atoms with Crippen molar-refractivity contribution >= 4 is 95.3 Å². The molecule has 0 bridgehead atoms. The minimum Gasteiger partial charge on any atom is -0.460 e. The molecule has 1 saturated carbocycles. The lowest BCUT2D eigenvalue weighted by atomic mass is 9.75. The Morgan fingerprint density at radius 2 is 0.931 bits per heavy atom. The Kier molecular flexibility index (Phi) is 36.3. The number of carbonyl (C=O) groups is 16. The second-order valence-corrected chi connectivity index (χ2v) is 35.8. The van der Waals surface area contributed by atoms with Gasteiger partial charge in [0.25, 0.3) is 0 Å². The Morgan fingerprint density at radius 3 is 1.34 bits per heavy atom. The van der Waals surface area contributed by atoms with Gasteiger partial charge >= 0.3 is 65.8 Å². The average molecular weight is 1650 g/mol. The molecule has 0 aromatic rings. The lowest BCUT2D eigenvalue weighted by Gasteiger charge is -2.41. The van der Waals surface area contributed by atoms with E-state index in [1.165, 1.54) is 89.2 Å². The lowest BCUT2D eigenvalue weighted by molar-refractivity contribution is -0.211. The van der Waals surface area contributed by atoms with Crippen molar-refractivity contribution < 1.29 is 139 Å². The van der Waals surface area contributed by atoms with Crippen LogP contribution in [0.3, 0.4) is 0 Å². The van der Waals surface area contributed by atoms with Gasteiger partial charge in [-0.15, -0.1) is 0 Å². The molecular formula is C81H128N6O29. The number of amides is 6. The third-order valence-corrected chi connectivity index (χ3v) is 18.0. The fraction of sp³-hybridized carbons (Fsp3) is 0.753. The number of hydrogen-bond donors (Lipinski definition) is 8. The maximum absolute atomic E-state index is 14.6. The van der Waals surface area contributed by atoms with Gasteiger partial charge in [-0.3, -0.25) is 43.2 Å². The standard InChI is InChI=1S/C81H128N6O29/c1-26-28-29-30-31-32-57(93)107-63-61-60(45(4)62(63)108-66(97)44(3)27-2)64-81(105,80(25,104)71(102)109-64)52(42-79(61,24)110-46(5)88)106-59(95)43-82-56(92)41-51(87-72(103)116-78(21,22)23)65(96)86-50(70(101)115-77(18,19)20)35-39-55(91)84-48(68(99)113-75(12,13)14)33-37-53(89)83-47(67(98)112-74(9,10)11)34-38-54(90)85-49(69(100)114-76(15,16)17)36-40-58(94)111-73(6,7)8/h27,47-52,61-64,104-105H,26,28-43H2,1-25H3,(H,82,92)(H,83,89)(H,84,91)(H,85,90)(H,86,96)(H,87,103)/b44-27-/t47-,48-,49-,50-,51-,52-,61+,62-,63-,64-,79-,80+,81+/m0/s1. The molecular weight excluding hydrogens is 1520 g/mol. The van der Waals surface area contributed by atoms with E-state index in [-0.39, 0.29) is 42.4 Å². The first-order valence-corrected chi connectivity index (χ1v) is 39.3. The molecule has 0 spiro atoms. The van der Waals surface area contributed by atoms with Gasteiger partial charge in [0.05, 0.1) is 12.3 Å². The summed E-state index contributed by atoms with van der Waals surface area (Å²) in [7, 11) is 0. The molecule has 2 aliphatic carbocycles. The minimum absolute atomic E-state index is 0.0587. The highest BCUT2D eigenvalue weighted by Crippen LogP contribution is 2.58. The van der Waals surface area contributed by atoms with E-state index in [1.54, 1.807) is 69.2 Å². The highest BCUT2D eigenvalue weighted by molar-refractivity contribution is 5.95. The molecule has 13 atom stereocenters. The van der Waals surface area contributed by atoms with Crippen LogP contribution in [0.15, 0.2) is 22.8 Å². The van der Waals surface area contributed by atoms with Crippen LogP contribution in [0.25, 0.3) is 0 Å². The fourth-order valence-corrected chi connectivity index (χ4v) is 12.8. The monoisotopic (exact) mass is 1650 g/mol. The molecule has 8 N–H and O–H groups in total. The molecule has 656 valence electrons. The van der Waals surface area contributed by atoms with Gasteiger partial charge < -0.3 is 94.2 Å². The van der Waals surface area contributed by atoms with Gasteiger partial charge in [0, 0.05) is 51.0 Å². The maximum atomic E-state index is 14.6. The third kappa shape index (κ3) is 32.7. The molecule has 0 aromatic carbocycles. The predicted octanol–water partition coefficient (Wildman–Crippen LogP) is 6.30. The van der Waals surface area contributed by atoms with E-state index < -0.39 is 258 Å². The number of unbranched alkanes of at least 4 members (excludes halogenated alkanes) is 4. The number of carbonyl (C=O) groups excluding carboxylic acids is 16. The summed E-state index contributed by atoms with van der Waals surface area (Å²) in [5.74, 6) is -16.5. The topological polar surface area (TPSA) is 487 Å². The van der Waals surface area contributed by atoms with Crippen molar-refractivity contribution in [3.8, 4) is 0 Å². The van der Waals surface area contributed by atoms with Crippen LogP contribution >= 0.6 is 0 Å². The largest absolute Gasteiger partial charge is 0.460 e. The second kappa shape index (κ2) is 41.7. The number of hydrogen-bond acceptors (Lipinski definition) is 29. The summed E-state index contributed by atoms with van der Waals surface area (Å²) in [6.07, 6.45) is -8.85. The number of rotatable bonds is 37. The van der Waals surface area contributed by atoms with E-state index >= 15 is 0 Å². The van der Waals surface area contributed by atoms with Crippen LogP contribution < -0.4 is 31.9 Å². The van der Waals surface area contributed by atoms with E-state index in [4.69, 9.17) is 52.1 Å². The normalized spacial score (nSPS) is 22.2. The van der Waals surface area contributed by atoms with Gasteiger partial charge in [-0.1, -0.05) is 38.7 Å². The summed E-state index contributed by atoms with van der Waals surface area (Å²) in [4.78, 5) is 220. The molecule has 35 nitrogen and oxygen atoms in total. The summed E-state index contributed by atoms with van der Waals surface area (Å²) in [5.41, 5.74) is -14.5. The molecule has 1 aliphatic heterocycles. The van der Waals surface area contributed by atoms with E-state index in [0.717, 1.165) is 33.1 Å². The summed E-state index contributed by atoms with van der Waals surface area (Å²) < 4.78 is 62.9. The molecule has 1 saturated heterocycles. The smallest absolute Gasteiger partial charge is 0.408 e. The minimum atomic E-state index is -3.01. The van der Waals surface area contributed by atoms with Crippen molar-refractivity contribution in [1.82, 2.24) is 31.9 Å². The summed E-state index contributed by atoms with van der Waals surface area (Å²) in [5, 5.41) is 39.6. The predicted molar refractivity (Wildman–Crippen MR) is 414 cm³/mol. The van der Waals surface area contributed by atoms with Crippen LogP contribution in [-0.4, -0.2) is 217 Å². The fourth-order valence-electron chi connectivity index (χ4n) is 12.8. The highest BCUT2D eigenvalue weighted by Gasteiger charge is 2.76. The lowest BCUT2D eigenvalue weighted by Crippen LogP contribution is -2.64. The number of ether oxygens (including phenoxy) is 11. The number of alkyl carbamates (subject to hydrolysis) is 1. The third-order valence-electron chi connectivity index (χ3n) is 18.0. The number of fused-ring (bicyclic) bond motifs is 3. The molecule has 0 aromatic heterocycles. The number of aliphatic hydroxyl groups is 2. The zero-order valence-corrected chi connectivity index (χ0v) is 72.3. The average Bonchev–Trinajstić information content (AvgIpc) is 1.52. The highest BCUT2D eigenvalue weighted by atomic mass is 16.6. The number of nitrogens with one attached hydrogen (secondary N) is 6. The molecule has 0 radical (unpaired) electrons. The summed E-state index contributed by atoms with van der Waals surface area (Å²) in [6, 6.07) is -8.21. The van der Waals surface area contributed by atoms with Crippen molar-refractivity contribution in [3.63, 3.8) is 0 Å². The van der Waals surface area contributed by atoms with E-state index in [0.29, 0.717) is 12.8 Å². The Hall–Kier alpha value is -9.28. The quantitative estimate of drug-likeness (QED) is 0.0111. The molecule has 3 rings (SSSR count). The van der Waals surface area contributed by atoms with Crippen molar-refractivity contribution in [2.75, 3.05) is 6.54 Å². The van der Waals surface area contributed by atoms with Crippen LogP contribution in [0, 0.1) is 5.92 Å². The van der Waals surface area contributed by atoms with Crippen molar-refractivity contribution in [2.24, 2.45) is 5.92 Å². The van der Waals surface area contributed by atoms with Gasteiger partial charge in [0.2, 0.25) is 29.5 Å². The van der Waals surface area contributed by atoms with Crippen LogP contribution in [0.1, 0.15) is 276 Å². The number of allylic oxidation sites excluding steroid dienone is 1. The van der Waals surface area contributed by atoms with Crippen LogP contribution in [0.5, 0.6) is 0 Å². The van der Waals surface area contributed by atoms with Crippen LogP contribution in [-0.2, 0) is 124 Å². The van der Waals surface area contributed by atoms with Crippen LogP contribution in [0.4, 0.5) is 4.79 Å². The zero-order chi connectivity index (χ0) is 89.0. The Balaban J connectivity index is 1.98. The summed E-state index contributed by atoms with van der Waals surface area (Å²) >= 11 is 0. The van der Waals surface area contributed by atoms with E-state index in [9.17, 15) is 86.9 Å². The van der Waals surface area contributed by atoms with Gasteiger partial charge in [-0.25, -0.2) is 33.6 Å².